The van der Waals surface area contributed by atoms with Gasteiger partial charge in [-0.1, -0.05) is 12.1 Å². The normalized spacial score (nSPS) is 10.7. The summed E-state index contributed by atoms with van der Waals surface area (Å²) < 4.78 is 9.01. The molecule has 0 saturated heterocycles. The molecule has 0 saturated carbocycles. The van der Waals surface area contributed by atoms with E-state index in [1.807, 2.05) is 31.7 Å². The lowest BCUT2D eigenvalue weighted by Gasteiger charge is -2.13. The maximum atomic E-state index is 5.96. The highest BCUT2D eigenvalue weighted by Gasteiger charge is 2.09. The van der Waals surface area contributed by atoms with Gasteiger partial charge < -0.3 is 14.6 Å². The molecule has 0 atom stereocenters. The first-order chi connectivity index (χ1) is 9.26. The molecule has 102 valence electrons. The molecule has 5 heteroatoms. The zero-order valence-electron chi connectivity index (χ0n) is 11.2. The Hall–Kier alpha value is -1.33. The number of ether oxygens (including phenoxy) is 1. The second-order valence-electron chi connectivity index (χ2n) is 4.22. The van der Waals surface area contributed by atoms with Crippen LogP contribution in [0.15, 0.2) is 35.2 Å². The predicted molar refractivity (Wildman–Crippen MR) is 79.1 cm³/mol. The van der Waals surface area contributed by atoms with Crippen molar-refractivity contribution >= 4 is 15.9 Å². The summed E-state index contributed by atoms with van der Waals surface area (Å²) in [6, 6.07) is 6.07. The van der Waals surface area contributed by atoms with Crippen LogP contribution in [0.3, 0.4) is 0 Å². The molecule has 0 amide bonds. The standard InChI is InChI=1S/C14H18BrN3O/c1-3-18-10-17-8-12(18)9-19-14-11(7-16-2)5-4-6-13(14)15/h4-6,8,10,16H,3,7,9H2,1-2H3. The Morgan fingerprint density at radius 2 is 2.26 bits per heavy atom. The van der Waals surface area contributed by atoms with Gasteiger partial charge in [0.15, 0.2) is 0 Å². The van der Waals surface area contributed by atoms with E-state index in [0.717, 1.165) is 34.6 Å². The van der Waals surface area contributed by atoms with Crippen molar-refractivity contribution in [1.82, 2.24) is 14.9 Å². The van der Waals surface area contributed by atoms with Crippen LogP contribution >= 0.6 is 15.9 Å². The number of benzene rings is 1. The Morgan fingerprint density at radius 3 is 3.00 bits per heavy atom. The van der Waals surface area contributed by atoms with Gasteiger partial charge in [-0.3, -0.25) is 0 Å². The van der Waals surface area contributed by atoms with Crippen molar-refractivity contribution in [2.45, 2.75) is 26.6 Å². The summed E-state index contributed by atoms with van der Waals surface area (Å²) in [5.41, 5.74) is 2.22. The number of nitrogens with zero attached hydrogens (tertiary/aromatic N) is 2. The number of aromatic nitrogens is 2. The second kappa shape index (κ2) is 6.73. The van der Waals surface area contributed by atoms with Crippen molar-refractivity contribution in [1.29, 1.82) is 0 Å². The van der Waals surface area contributed by atoms with E-state index < -0.39 is 0 Å². The Kier molecular flexibility index (Phi) is 4.99. The highest BCUT2D eigenvalue weighted by atomic mass is 79.9. The van der Waals surface area contributed by atoms with Crippen molar-refractivity contribution < 1.29 is 4.74 Å². The molecule has 2 aromatic rings. The first-order valence-electron chi connectivity index (χ1n) is 6.30. The highest BCUT2D eigenvalue weighted by molar-refractivity contribution is 9.10. The molecule has 0 aliphatic heterocycles. The minimum Gasteiger partial charge on any atom is -0.486 e. The van der Waals surface area contributed by atoms with E-state index in [9.17, 15) is 0 Å². The van der Waals surface area contributed by atoms with E-state index in [1.165, 1.54) is 0 Å². The summed E-state index contributed by atoms with van der Waals surface area (Å²) in [6.45, 7) is 4.29. The molecular weight excluding hydrogens is 306 g/mol. The number of imidazole rings is 1. The number of aryl methyl sites for hydroxylation is 1. The third-order valence-corrected chi connectivity index (χ3v) is 3.54. The summed E-state index contributed by atoms with van der Waals surface area (Å²) in [6.07, 6.45) is 3.67. The van der Waals surface area contributed by atoms with Gasteiger partial charge in [0, 0.05) is 18.7 Å². The number of hydrogen-bond acceptors (Lipinski definition) is 3. The van der Waals surface area contributed by atoms with Crippen LogP contribution in [-0.2, 0) is 19.7 Å². The van der Waals surface area contributed by atoms with Gasteiger partial charge >= 0.3 is 0 Å². The number of para-hydroxylation sites is 1. The fourth-order valence-electron chi connectivity index (χ4n) is 1.94. The van der Waals surface area contributed by atoms with Crippen LogP contribution in [0.25, 0.3) is 0 Å². The van der Waals surface area contributed by atoms with E-state index >= 15 is 0 Å². The van der Waals surface area contributed by atoms with E-state index in [0.29, 0.717) is 6.61 Å². The maximum Gasteiger partial charge on any atom is 0.138 e. The van der Waals surface area contributed by atoms with Crippen LogP contribution in [-0.4, -0.2) is 16.6 Å². The largest absolute Gasteiger partial charge is 0.486 e. The number of nitrogens with one attached hydrogen (secondary N) is 1. The van der Waals surface area contributed by atoms with Gasteiger partial charge in [-0.05, 0) is 36.0 Å². The smallest absolute Gasteiger partial charge is 0.138 e. The topological polar surface area (TPSA) is 39.1 Å². The number of hydrogen-bond donors (Lipinski definition) is 1. The van der Waals surface area contributed by atoms with Gasteiger partial charge in [0.2, 0.25) is 0 Å². The van der Waals surface area contributed by atoms with E-state index in [2.05, 4.69) is 43.8 Å². The van der Waals surface area contributed by atoms with Crippen LogP contribution in [0.4, 0.5) is 0 Å². The van der Waals surface area contributed by atoms with Crippen molar-refractivity contribution in [3.05, 3.63) is 46.5 Å². The second-order valence-corrected chi connectivity index (χ2v) is 5.07. The average Bonchev–Trinajstić information content (AvgIpc) is 2.86. The Bertz CT molecular complexity index is 539. The van der Waals surface area contributed by atoms with Gasteiger partial charge in [0.25, 0.3) is 0 Å². The minimum absolute atomic E-state index is 0.521. The number of rotatable bonds is 6. The first kappa shape index (κ1) is 14.1. The van der Waals surface area contributed by atoms with Crippen LogP contribution in [0.2, 0.25) is 0 Å². The lowest BCUT2D eigenvalue weighted by Crippen LogP contribution is -2.09. The van der Waals surface area contributed by atoms with Gasteiger partial charge in [-0.15, -0.1) is 0 Å². The fourth-order valence-corrected chi connectivity index (χ4v) is 2.47. The molecule has 0 aliphatic rings. The Morgan fingerprint density at radius 1 is 1.42 bits per heavy atom. The molecular formula is C14H18BrN3O. The van der Waals surface area contributed by atoms with Gasteiger partial charge in [0.1, 0.15) is 12.4 Å². The quantitative estimate of drug-likeness (QED) is 0.888. The van der Waals surface area contributed by atoms with Crippen LogP contribution in [0.1, 0.15) is 18.2 Å². The molecule has 1 N–H and O–H groups in total. The molecule has 0 unspecified atom stereocenters. The van der Waals surface area contributed by atoms with E-state index in [4.69, 9.17) is 4.74 Å². The molecule has 2 rings (SSSR count). The van der Waals surface area contributed by atoms with Crippen molar-refractivity contribution in [2.24, 2.45) is 0 Å². The van der Waals surface area contributed by atoms with Crippen LogP contribution in [0, 0.1) is 0 Å². The molecule has 4 nitrogen and oxygen atoms in total. The summed E-state index contributed by atoms with van der Waals surface area (Å²) in [5, 5.41) is 3.15. The van der Waals surface area contributed by atoms with Crippen molar-refractivity contribution in [3.63, 3.8) is 0 Å². The first-order valence-corrected chi connectivity index (χ1v) is 7.09. The van der Waals surface area contributed by atoms with E-state index in [-0.39, 0.29) is 0 Å². The van der Waals surface area contributed by atoms with Crippen LogP contribution in [0.5, 0.6) is 5.75 Å². The van der Waals surface area contributed by atoms with Gasteiger partial charge in [-0.2, -0.15) is 0 Å². The SMILES string of the molecule is CCn1cncc1COc1c(Br)cccc1CNC. The predicted octanol–water partition coefficient (Wildman–Crippen LogP) is 2.96. The maximum absolute atomic E-state index is 5.96. The zero-order chi connectivity index (χ0) is 13.7. The summed E-state index contributed by atoms with van der Waals surface area (Å²) >= 11 is 3.54. The molecule has 0 spiro atoms. The molecule has 0 aliphatic carbocycles. The van der Waals surface area contributed by atoms with Gasteiger partial charge in [0.05, 0.1) is 22.7 Å². The molecule has 0 fully saturated rings. The average molecular weight is 324 g/mol. The molecule has 1 heterocycles. The van der Waals surface area contributed by atoms with E-state index in [1.54, 1.807) is 0 Å². The lowest BCUT2D eigenvalue weighted by atomic mass is 10.2. The molecule has 1 aromatic heterocycles. The minimum atomic E-state index is 0.521. The van der Waals surface area contributed by atoms with Crippen LogP contribution < -0.4 is 10.1 Å². The summed E-state index contributed by atoms with van der Waals surface area (Å²) in [7, 11) is 1.93. The molecule has 0 radical (unpaired) electrons. The zero-order valence-corrected chi connectivity index (χ0v) is 12.8. The third kappa shape index (κ3) is 3.36. The Balaban J connectivity index is 2.15. The molecule has 1 aromatic carbocycles. The lowest BCUT2D eigenvalue weighted by molar-refractivity contribution is 0.290. The molecule has 19 heavy (non-hydrogen) atoms. The highest BCUT2D eigenvalue weighted by Crippen LogP contribution is 2.29. The molecule has 0 bridgehead atoms. The van der Waals surface area contributed by atoms with Crippen molar-refractivity contribution in [3.8, 4) is 5.75 Å². The third-order valence-electron chi connectivity index (χ3n) is 2.92. The summed E-state index contributed by atoms with van der Waals surface area (Å²) in [5.74, 6) is 0.890. The van der Waals surface area contributed by atoms with Crippen molar-refractivity contribution in [2.75, 3.05) is 7.05 Å². The van der Waals surface area contributed by atoms with Gasteiger partial charge in [-0.25, -0.2) is 4.98 Å². The number of halogens is 1. The summed E-state index contributed by atoms with van der Waals surface area (Å²) in [4.78, 5) is 4.15. The fraction of sp³-hybridized carbons (Fsp3) is 0.357. The Labute approximate surface area is 121 Å². The monoisotopic (exact) mass is 323 g/mol.